The standard InChI is InChI=1S/C18H18F3N3O3S/c1-3-10-22-28(26,27)11-13-4-6-14(7-5-13)24-17(25)15-8-9-16(18(19,20)21)23-12(15)2/h3-9,22H,1,10-11H2,2H3,(H,24,25). The molecule has 0 unspecified atom stereocenters. The number of nitrogens with one attached hydrogen (secondary N) is 2. The lowest BCUT2D eigenvalue weighted by Gasteiger charge is -2.11. The molecule has 0 spiro atoms. The van der Waals surface area contributed by atoms with Crippen LogP contribution in [0.1, 0.15) is 27.3 Å². The Morgan fingerprint density at radius 2 is 1.82 bits per heavy atom. The van der Waals surface area contributed by atoms with Crippen molar-refractivity contribution < 1.29 is 26.4 Å². The van der Waals surface area contributed by atoms with Crippen LogP contribution in [-0.2, 0) is 22.0 Å². The quantitative estimate of drug-likeness (QED) is 0.682. The van der Waals surface area contributed by atoms with Crippen molar-refractivity contribution in [1.82, 2.24) is 9.71 Å². The second kappa shape index (κ2) is 8.53. The molecule has 28 heavy (non-hydrogen) atoms. The first-order valence-corrected chi connectivity index (χ1v) is 9.70. The smallest absolute Gasteiger partial charge is 0.322 e. The molecule has 1 heterocycles. The van der Waals surface area contributed by atoms with Crippen molar-refractivity contribution in [2.45, 2.75) is 18.9 Å². The second-order valence-corrected chi connectivity index (χ2v) is 7.68. The number of hydrogen-bond acceptors (Lipinski definition) is 4. The van der Waals surface area contributed by atoms with Gasteiger partial charge in [-0.05, 0) is 36.8 Å². The van der Waals surface area contributed by atoms with E-state index in [9.17, 15) is 26.4 Å². The summed E-state index contributed by atoms with van der Waals surface area (Å²) in [6, 6.07) is 7.87. The number of carbonyl (C=O) groups is 1. The van der Waals surface area contributed by atoms with Crippen molar-refractivity contribution in [3.63, 3.8) is 0 Å². The maximum Gasteiger partial charge on any atom is 0.433 e. The van der Waals surface area contributed by atoms with Crippen LogP contribution in [0.4, 0.5) is 18.9 Å². The highest BCUT2D eigenvalue weighted by molar-refractivity contribution is 7.88. The minimum absolute atomic E-state index is 0.00767. The SMILES string of the molecule is C=CCNS(=O)(=O)Cc1ccc(NC(=O)c2ccc(C(F)(F)F)nc2C)cc1. The monoisotopic (exact) mass is 413 g/mol. The Labute approximate surface area is 160 Å². The van der Waals surface area contributed by atoms with Gasteiger partial charge in [0.05, 0.1) is 17.0 Å². The lowest BCUT2D eigenvalue weighted by atomic mass is 10.1. The molecule has 1 aromatic carbocycles. The Balaban J connectivity index is 2.08. The summed E-state index contributed by atoms with van der Waals surface area (Å²) in [5, 5.41) is 2.54. The van der Waals surface area contributed by atoms with E-state index in [-0.39, 0.29) is 23.6 Å². The van der Waals surface area contributed by atoms with Crippen LogP contribution in [0, 0.1) is 6.92 Å². The Hall–Kier alpha value is -2.72. The van der Waals surface area contributed by atoms with Crippen LogP contribution in [-0.4, -0.2) is 25.9 Å². The average Bonchev–Trinajstić information content (AvgIpc) is 2.60. The van der Waals surface area contributed by atoms with E-state index in [1.165, 1.54) is 37.3 Å². The average molecular weight is 413 g/mol. The summed E-state index contributed by atoms with van der Waals surface area (Å²) in [4.78, 5) is 15.7. The number of sulfonamides is 1. The van der Waals surface area contributed by atoms with Crippen LogP contribution in [0.2, 0.25) is 0 Å². The Kier molecular flexibility index (Phi) is 6.57. The number of aryl methyl sites for hydroxylation is 1. The van der Waals surface area contributed by atoms with Gasteiger partial charge in [-0.1, -0.05) is 18.2 Å². The molecule has 0 aliphatic carbocycles. The normalized spacial score (nSPS) is 11.9. The summed E-state index contributed by atoms with van der Waals surface area (Å²) in [7, 11) is -3.51. The van der Waals surface area contributed by atoms with Crippen molar-refractivity contribution in [2.75, 3.05) is 11.9 Å². The number of rotatable bonds is 7. The van der Waals surface area contributed by atoms with Crippen LogP contribution >= 0.6 is 0 Å². The van der Waals surface area contributed by atoms with Gasteiger partial charge in [0.25, 0.3) is 5.91 Å². The molecule has 0 aliphatic rings. The van der Waals surface area contributed by atoms with Crippen molar-refractivity contribution in [1.29, 1.82) is 0 Å². The van der Waals surface area contributed by atoms with E-state index in [1.54, 1.807) is 0 Å². The van der Waals surface area contributed by atoms with Crippen molar-refractivity contribution >= 4 is 21.6 Å². The van der Waals surface area contributed by atoms with E-state index in [0.29, 0.717) is 11.3 Å². The molecule has 2 aromatic rings. The van der Waals surface area contributed by atoms with Gasteiger partial charge in [0.2, 0.25) is 10.0 Å². The molecule has 0 atom stereocenters. The zero-order valence-corrected chi connectivity index (χ0v) is 15.7. The maximum atomic E-state index is 12.7. The summed E-state index contributed by atoms with van der Waals surface area (Å²) in [6.07, 6.45) is -3.16. The van der Waals surface area contributed by atoms with Crippen molar-refractivity contribution in [3.05, 3.63) is 71.6 Å². The van der Waals surface area contributed by atoms with Gasteiger partial charge >= 0.3 is 6.18 Å². The minimum atomic E-state index is -4.59. The number of hydrogen-bond donors (Lipinski definition) is 2. The highest BCUT2D eigenvalue weighted by Gasteiger charge is 2.33. The molecule has 6 nitrogen and oxygen atoms in total. The molecular weight excluding hydrogens is 395 g/mol. The zero-order chi connectivity index (χ0) is 20.9. The highest BCUT2D eigenvalue weighted by atomic mass is 32.2. The fourth-order valence-electron chi connectivity index (χ4n) is 2.30. The van der Waals surface area contributed by atoms with E-state index in [4.69, 9.17) is 0 Å². The van der Waals surface area contributed by atoms with Crippen LogP contribution in [0.15, 0.2) is 49.1 Å². The molecule has 150 valence electrons. The van der Waals surface area contributed by atoms with Gasteiger partial charge in [0, 0.05) is 12.2 Å². The fraction of sp³-hybridized carbons (Fsp3) is 0.222. The van der Waals surface area contributed by atoms with E-state index < -0.39 is 27.8 Å². The molecule has 0 bridgehead atoms. The van der Waals surface area contributed by atoms with Gasteiger partial charge in [-0.3, -0.25) is 4.79 Å². The van der Waals surface area contributed by atoms with Crippen LogP contribution in [0.3, 0.4) is 0 Å². The number of nitrogens with zero attached hydrogens (tertiary/aromatic N) is 1. The maximum absolute atomic E-state index is 12.7. The molecule has 0 saturated carbocycles. The first-order chi connectivity index (χ1) is 13.0. The predicted octanol–water partition coefficient (Wildman–Crippen LogP) is 3.27. The molecule has 10 heteroatoms. The number of pyridine rings is 1. The van der Waals surface area contributed by atoms with E-state index in [0.717, 1.165) is 12.1 Å². The zero-order valence-electron chi connectivity index (χ0n) is 14.9. The molecule has 0 saturated heterocycles. The molecular formula is C18H18F3N3O3S. The third kappa shape index (κ3) is 5.89. The second-order valence-electron chi connectivity index (χ2n) is 5.87. The van der Waals surface area contributed by atoms with Crippen molar-refractivity contribution in [2.24, 2.45) is 0 Å². The highest BCUT2D eigenvalue weighted by Crippen LogP contribution is 2.28. The largest absolute Gasteiger partial charge is 0.433 e. The minimum Gasteiger partial charge on any atom is -0.322 e. The molecule has 1 amide bonds. The number of halogens is 3. The van der Waals surface area contributed by atoms with E-state index in [2.05, 4.69) is 21.6 Å². The molecule has 2 rings (SSSR count). The Morgan fingerprint density at radius 1 is 1.18 bits per heavy atom. The molecule has 0 fully saturated rings. The predicted molar refractivity (Wildman–Crippen MR) is 99.2 cm³/mol. The van der Waals surface area contributed by atoms with Crippen LogP contribution in [0.5, 0.6) is 0 Å². The van der Waals surface area contributed by atoms with Crippen molar-refractivity contribution in [3.8, 4) is 0 Å². The van der Waals surface area contributed by atoms with Gasteiger partial charge in [0.1, 0.15) is 5.69 Å². The lowest BCUT2D eigenvalue weighted by Crippen LogP contribution is -2.25. The number of aromatic nitrogens is 1. The van der Waals surface area contributed by atoms with Gasteiger partial charge in [-0.15, -0.1) is 6.58 Å². The van der Waals surface area contributed by atoms with Gasteiger partial charge in [-0.2, -0.15) is 13.2 Å². The van der Waals surface area contributed by atoms with Crippen LogP contribution in [0.25, 0.3) is 0 Å². The third-order valence-electron chi connectivity index (χ3n) is 3.64. The number of anilines is 1. The van der Waals surface area contributed by atoms with E-state index in [1.807, 2.05) is 0 Å². The lowest BCUT2D eigenvalue weighted by molar-refractivity contribution is -0.141. The van der Waals surface area contributed by atoms with Crippen LogP contribution < -0.4 is 10.0 Å². The summed E-state index contributed by atoms with van der Waals surface area (Å²) < 4.78 is 64.0. The summed E-state index contributed by atoms with van der Waals surface area (Å²) in [5.74, 6) is -0.858. The first kappa shape index (κ1) is 21.6. The summed E-state index contributed by atoms with van der Waals surface area (Å²) >= 11 is 0. The third-order valence-corrected chi connectivity index (χ3v) is 4.96. The molecule has 2 N–H and O–H groups in total. The summed E-state index contributed by atoms with van der Waals surface area (Å²) in [5.41, 5.74) is -0.250. The molecule has 0 aliphatic heterocycles. The number of alkyl halides is 3. The number of benzene rings is 1. The van der Waals surface area contributed by atoms with E-state index >= 15 is 0 Å². The van der Waals surface area contributed by atoms with Gasteiger partial charge < -0.3 is 5.32 Å². The Bertz CT molecular complexity index is 972. The van der Waals surface area contributed by atoms with Gasteiger partial charge in [0.15, 0.2) is 0 Å². The number of carbonyl (C=O) groups excluding carboxylic acids is 1. The number of amides is 1. The Morgan fingerprint density at radius 3 is 2.36 bits per heavy atom. The topological polar surface area (TPSA) is 88.2 Å². The molecule has 1 aromatic heterocycles. The van der Waals surface area contributed by atoms with Gasteiger partial charge in [-0.25, -0.2) is 18.1 Å². The molecule has 0 radical (unpaired) electrons. The summed E-state index contributed by atoms with van der Waals surface area (Å²) in [6.45, 7) is 4.87. The fourth-order valence-corrected chi connectivity index (χ4v) is 3.40. The first-order valence-electron chi connectivity index (χ1n) is 8.05.